The molecule has 8 heteroatoms. The fraction of sp³-hybridized carbons (Fsp3) is 0.222. The second kappa shape index (κ2) is 9.91. The van der Waals surface area contributed by atoms with Crippen molar-refractivity contribution < 1.29 is 19.0 Å². The predicted molar refractivity (Wildman–Crippen MR) is 103 cm³/mol. The van der Waals surface area contributed by atoms with Gasteiger partial charge in [-0.3, -0.25) is 0 Å². The average molecular weight is 390 g/mol. The maximum absolute atomic E-state index is 12.4. The summed E-state index contributed by atoms with van der Waals surface area (Å²) in [6.07, 6.45) is 1.26. The third-order valence-corrected chi connectivity index (χ3v) is 4.91. The van der Waals surface area contributed by atoms with Crippen LogP contribution in [0, 0.1) is 0 Å². The fourth-order valence-corrected chi connectivity index (χ4v) is 3.60. The highest BCUT2D eigenvalue weighted by atomic mass is 32.1. The summed E-state index contributed by atoms with van der Waals surface area (Å²) in [5, 5.41) is 5.49. The Morgan fingerprint density at radius 1 is 0.923 bits per heavy atom. The number of hydrogen-bond acceptors (Lipinski definition) is 7. The maximum atomic E-state index is 12.4. The monoisotopic (exact) mass is 390 g/mol. The molecule has 0 saturated heterocycles. The minimum absolute atomic E-state index is 0.176. The third kappa shape index (κ3) is 5.29. The second-order valence-electron chi connectivity index (χ2n) is 4.98. The lowest BCUT2D eigenvalue weighted by Crippen LogP contribution is -2.26. The Morgan fingerprint density at radius 2 is 1.65 bits per heavy atom. The number of pyridine rings is 1. The number of anilines is 2. The molecule has 0 radical (unpaired) electrons. The highest BCUT2D eigenvalue weighted by Gasteiger charge is 2.21. The van der Waals surface area contributed by atoms with Crippen molar-refractivity contribution in [2.45, 2.75) is 0 Å². The minimum atomic E-state index is -0.414. The largest absolute Gasteiger partial charge is 0.475 e. The molecule has 136 valence electrons. The Labute approximate surface area is 159 Å². The van der Waals surface area contributed by atoms with Crippen LogP contribution in [0.1, 0.15) is 0 Å². The van der Waals surface area contributed by atoms with Gasteiger partial charge >= 0.3 is 6.09 Å². The topological polar surface area (TPSA) is 60.9 Å². The number of carbonyl (C=O) groups excluding carboxylic acids is 1. The summed E-state index contributed by atoms with van der Waals surface area (Å²) in [5.74, 6) is 0.560. The summed E-state index contributed by atoms with van der Waals surface area (Å²) < 4.78 is 16.2. The van der Waals surface area contributed by atoms with E-state index in [0.29, 0.717) is 25.7 Å². The molecule has 0 unspecified atom stereocenters. The van der Waals surface area contributed by atoms with Gasteiger partial charge in [-0.15, -0.1) is 22.7 Å². The van der Waals surface area contributed by atoms with Gasteiger partial charge < -0.3 is 14.2 Å². The molecule has 0 N–H and O–H groups in total. The number of hydrogen-bond donors (Lipinski definition) is 0. The molecular weight excluding hydrogens is 372 g/mol. The number of ether oxygens (including phenoxy) is 3. The van der Waals surface area contributed by atoms with Crippen molar-refractivity contribution in [3.05, 3.63) is 59.4 Å². The molecular formula is C18H18N2O4S2. The number of thiophene rings is 2. The summed E-state index contributed by atoms with van der Waals surface area (Å²) in [6, 6.07) is 13.0. The molecule has 0 aliphatic carbocycles. The summed E-state index contributed by atoms with van der Waals surface area (Å²) in [4.78, 5) is 18.1. The van der Waals surface area contributed by atoms with Crippen LogP contribution in [-0.4, -0.2) is 37.5 Å². The van der Waals surface area contributed by atoms with Crippen LogP contribution in [0.25, 0.3) is 0 Å². The first-order valence-corrected chi connectivity index (χ1v) is 9.76. The molecule has 3 aromatic rings. The normalized spacial score (nSPS) is 10.5. The van der Waals surface area contributed by atoms with Crippen molar-refractivity contribution in [3.63, 3.8) is 0 Å². The van der Waals surface area contributed by atoms with Gasteiger partial charge in [-0.2, -0.15) is 0 Å². The lowest BCUT2D eigenvalue weighted by Gasteiger charge is -2.18. The van der Waals surface area contributed by atoms with Gasteiger partial charge in [0.15, 0.2) is 0 Å². The van der Waals surface area contributed by atoms with Crippen molar-refractivity contribution in [3.8, 4) is 5.88 Å². The van der Waals surface area contributed by atoms with Gasteiger partial charge in [0.2, 0.25) is 5.88 Å². The molecule has 1 amide bonds. The summed E-state index contributed by atoms with van der Waals surface area (Å²) >= 11 is 2.97. The van der Waals surface area contributed by atoms with E-state index in [1.807, 2.05) is 47.2 Å². The summed E-state index contributed by atoms with van der Waals surface area (Å²) in [6.45, 7) is 1.27. The quantitative estimate of drug-likeness (QED) is 0.501. The Balaban J connectivity index is 1.37. The molecule has 0 atom stereocenters. The van der Waals surface area contributed by atoms with Crippen LogP contribution in [0.4, 0.5) is 14.8 Å². The molecule has 0 aromatic carbocycles. The minimum Gasteiger partial charge on any atom is -0.475 e. The highest BCUT2D eigenvalue weighted by molar-refractivity contribution is 7.16. The zero-order chi connectivity index (χ0) is 18.0. The molecule has 26 heavy (non-hydrogen) atoms. The van der Waals surface area contributed by atoms with E-state index < -0.39 is 6.09 Å². The standard InChI is InChI=1S/C18H18N2O4S2/c21-18(20(16-6-3-13-25-16)17-7-4-14-26-17)24-12-10-22-9-11-23-15-5-1-2-8-19-15/h1-8,13-14H,9-12H2. The van der Waals surface area contributed by atoms with Crippen molar-refractivity contribution >= 4 is 38.8 Å². The van der Waals surface area contributed by atoms with E-state index in [0.717, 1.165) is 10.0 Å². The molecule has 0 spiro atoms. The van der Waals surface area contributed by atoms with Gasteiger partial charge in [0.05, 0.1) is 13.2 Å². The van der Waals surface area contributed by atoms with Crippen LogP contribution in [0.2, 0.25) is 0 Å². The molecule has 3 rings (SSSR count). The van der Waals surface area contributed by atoms with E-state index in [1.54, 1.807) is 17.2 Å². The fourth-order valence-electron chi connectivity index (χ4n) is 2.07. The van der Waals surface area contributed by atoms with Crippen LogP contribution in [0.5, 0.6) is 5.88 Å². The van der Waals surface area contributed by atoms with Gasteiger partial charge in [-0.1, -0.05) is 6.07 Å². The Morgan fingerprint density at radius 3 is 2.27 bits per heavy atom. The third-order valence-electron chi connectivity index (χ3n) is 3.20. The van der Waals surface area contributed by atoms with E-state index in [-0.39, 0.29) is 6.61 Å². The van der Waals surface area contributed by atoms with E-state index in [1.165, 1.54) is 22.7 Å². The molecule has 0 fully saturated rings. The van der Waals surface area contributed by atoms with Crippen LogP contribution in [-0.2, 0) is 9.47 Å². The molecule has 6 nitrogen and oxygen atoms in total. The maximum Gasteiger partial charge on any atom is 0.420 e. The Hall–Kier alpha value is -2.42. The van der Waals surface area contributed by atoms with Crippen LogP contribution >= 0.6 is 22.7 Å². The van der Waals surface area contributed by atoms with Crippen LogP contribution < -0.4 is 9.64 Å². The van der Waals surface area contributed by atoms with Gasteiger partial charge in [0.25, 0.3) is 0 Å². The van der Waals surface area contributed by atoms with E-state index >= 15 is 0 Å². The number of carbonyl (C=O) groups is 1. The first-order chi connectivity index (χ1) is 12.8. The highest BCUT2D eigenvalue weighted by Crippen LogP contribution is 2.33. The second-order valence-corrected chi connectivity index (χ2v) is 6.83. The van der Waals surface area contributed by atoms with Crippen LogP contribution in [0.3, 0.4) is 0 Å². The van der Waals surface area contributed by atoms with Gasteiger partial charge in [-0.25, -0.2) is 14.7 Å². The molecule has 0 aliphatic heterocycles. The molecule has 0 aliphatic rings. The van der Waals surface area contributed by atoms with E-state index in [4.69, 9.17) is 14.2 Å². The molecule has 3 heterocycles. The first kappa shape index (κ1) is 18.4. The lowest BCUT2D eigenvalue weighted by molar-refractivity contribution is 0.0597. The lowest BCUT2D eigenvalue weighted by atomic mass is 10.5. The number of amides is 1. The zero-order valence-corrected chi connectivity index (χ0v) is 15.6. The summed E-state index contributed by atoms with van der Waals surface area (Å²) in [7, 11) is 0. The molecule has 0 bridgehead atoms. The van der Waals surface area contributed by atoms with Crippen molar-refractivity contribution in [2.24, 2.45) is 0 Å². The van der Waals surface area contributed by atoms with Crippen LogP contribution in [0.15, 0.2) is 59.4 Å². The Kier molecular flexibility index (Phi) is 7.00. The molecule has 0 saturated carbocycles. The molecule has 3 aromatic heterocycles. The van der Waals surface area contributed by atoms with Gasteiger partial charge in [0.1, 0.15) is 23.2 Å². The number of aromatic nitrogens is 1. The van der Waals surface area contributed by atoms with Gasteiger partial charge in [-0.05, 0) is 41.1 Å². The SMILES string of the molecule is O=C(OCCOCCOc1ccccn1)N(c1cccs1)c1cccs1. The first-order valence-electron chi connectivity index (χ1n) is 8.00. The Bertz CT molecular complexity index is 730. The smallest absolute Gasteiger partial charge is 0.420 e. The number of nitrogens with zero attached hydrogens (tertiary/aromatic N) is 2. The van der Waals surface area contributed by atoms with Crippen molar-refractivity contribution in [1.82, 2.24) is 4.98 Å². The zero-order valence-electron chi connectivity index (χ0n) is 13.9. The summed E-state index contributed by atoms with van der Waals surface area (Å²) in [5.41, 5.74) is 0. The van der Waals surface area contributed by atoms with Gasteiger partial charge in [0, 0.05) is 12.3 Å². The van der Waals surface area contributed by atoms with Crippen molar-refractivity contribution in [2.75, 3.05) is 31.3 Å². The van der Waals surface area contributed by atoms with E-state index in [2.05, 4.69) is 4.98 Å². The predicted octanol–water partition coefficient (Wildman–Crippen LogP) is 4.57. The average Bonchev–Trinajstić information content (AvgIpc) is 3.37. The van der Waals surface area contributed by atoms with E-state index in [9.17, 15) is 4.79 Å². The number of rotatable bonds is 9. The van der Waals surface area contributed by atoms with Crippen molar-refractivity contribution in [1.29, 1.82) is 0 Å².